The molecule has 0 saturated carbocycles. The molecule has 2 aromatic rings. The molecule has 0 spiro atoms. The first-order valence-electron chi connectivity index (χ1n) is 15.5. The van der Waals surface area contributed by atoms with E-state index in [2.05, 4.69) is 16.0 Å². The van der Waals surface area contributed by atoms with Gasteiger partial charge in [0.25, 0.3) is 0 Å². The number of nitrogens with zero attached hydrogens (tertiary/aromatic N) is 5. The predicted molar refractivity (Wildman–Crippen MR) is 171 cm³/mol. The first-order valence-corrected chi connectivity index (χ1v) is 17.4. The lowest BCUT2D eigenvalue weighted by atomic mass is 9.88. The maximum Gasteiger partial charge on any atom is 0.420 e. The van der Waals surface area contributed by atoms with Crippen LogP contribution < -0.4 is 14.5 Å². The summed E-state index contributed by atoms with van der Waals surface area (Å²) in [5.41, 5.74) is 1.64. The minimum absolute atomic E-state index is 0.0201. The second-order valence-electron chi connectivity index (χ2n) is 14.1. The van der Waals surface area contributed by atoms with Crippen LogP contribution in [0.15, 0.2) is 18.5 Å². The molecule has 1 aromatic heterocycles. The molecule has 0 unspecified atom stereocenters. The highest BCUT2D eigenvalue weighted by atomic mass is 32.2. The number of benzene rings is 1. The number of sulfone groups is 1. The molecular formula is C32H45N5O7S. The van der Waals surface area contributed by atoms with Gasteiger partial charge < -0.3 is 24.0 Å². The van der Waals surface area contributed by atoms with Crippen LogP contribution in [-0.4, -0.2) is 84.4 Å². The van der Waals surface area contributed by atoms with Crippen molar-refractivity contribution in [2.75, 3.05) is 47.5 Å². The van der Waals surface area contributed by atoms with Gasteiger partial charge in [-0.05, 0) is 91.3 Å². The van der Waals surface area contributed by atoms with E-state index in [0.29, 0.717) is 41.7 Å². The summed E-state index contributed by atoms with van der Waals surface area (Å²) in [6.45, 7) is 16.5. The third-order valence-corrected chi connectivity index (χ3v) is 9.72. The third kappa shape index (κ3) is 7.29. The van der Waals surface area contributed by atoms with Crippen LogP contribution in [0.25, 0.3) is 0 Å². The van der Waals surface area contributed by atoms with E-state index in [1.54, 1.807) is 4.90 Å². The number of ether oxygens (including phenoxy) is 3. The quantitative estimate of drug-likeness (QED) is 0.404. The lowest BCUT2D eigenvalue weighted by Crippen LogP contribution is -2.42. The molecule has 3 aliphatic rings. The number of carbonyl (C=O) groups excluding carboxylic acids is 2. The van der Waals surface area contributed by atoms with Crippen molar-refractivity contribution in [1.29, 1.82) is 0 Å². The predicted octanol–water partition coefficient (Wildman–Crippen LogP) is 5.66. The number of hydrogen-bond acceptors (Lipinski definition) is 10. The van der Waals surface area contributed by atoms with Crippen LogP contribution >= 0.6 is 0 Å². The summed E-state index contributed by atoms with van der Waals surface area (Å²) in [4.78, 5) is 41.0. The van der Waals surface area contributed by atoms with Gasteiger partial charge in [-0.3, -0.25) is 0 Å². The second kappa shape index (κ2) is 12.0. The third-order valence-electron chi connectivity index (χ3n) is 8.11. The highest BCUT2D eigenvalue weighted by Crippen LogP contribution is 2.48. The molecule has 1 atom stereocenters. The van der Waals surface area contributed by atoms with Crippen molar-refractivity contribution >= 4 is 39.3 Å². The van der Waals surface area contributed by atoms with E-state index < -0.39 is 33.2 Å². The topological polar surface area (TPSA) is 131 Å². The molecule has 0 bridgehead atoms. The first-order chi connectivity index (χ1) is 20.9. The van der Waals surface area contributed by atoms with Gasteiger partial charge in [0.05, 0.1) is 22.8 Å². The number of hydrogen-bond donors (Lipinski definition) is 0. The molecule has 2 fully saturated rings. The summed E-state index contributed by atoms with van der Waals surface area (Å²) in [6.07, 6.45) is 1.41. The van der Waals surface area contributed by atoms with Gasteiger partial charge in [-0.25, -0.2) is 32.9 Å². The number of piperidine rings is 1. The molecule has 3 aliphatic heterocycles. The fourth-order valence-corrected chi connectivity index (χ4v) is 7.20. The molecule has 2 amide bonds. The smallest absolute Gasteiger partial charge is 0.420 e. The molecule has 5 rings (SSSR count). The molecule has 45 heavy (non-hydrogen) atoms. The fourth-order valence-electron chi connectivity index (χ4n) is 6.00. The Morgan fingerprint density at radius 3 is 2.07 bits per heavy atom. The number of aryl methyl sites for hydroxylation is 1. The average Bonchev–Trinajstić information content (AvgIpc) is 3.05. The van der Waals surface area contributed by atoms with E-state index in [-0.39, 0.29) is 36.6 Å². The summed E-state index contributed by atoms with van der Waals surface area (Å²) < 4.78 is 42.5. The lowest BCUT2D eigenvalue weighted by molar-refractivity contribution is 0.0204. The Hall–Kier alpha value is -3.61. The lowest BCUT2D eigenvalue weighted by Gasteiger charge is -2.34. The van der Waals surface area contributed by atoms with Gasteiger partial charge in [-0.1, -0.05) is 6.07 Å². The number of aromatic nitrogens is 2. The van der Waals surface area contributed by atoms with E-state index in [1.165, 1.54) is 11.2 Å². The van der Waals surface area contributed by atoms with Gasteiger partial charge in [0, 0.05) is 26.2 Å². The van der Waals surface area contributed by atoms with Crippen LogP contribution in [0, 0.1) is 6.92 Å². The van der Waals surface area contributed by atoms with Crippen LogP contribution in [-0.2, 0) is 19.3 Å². The van der Waals surface area contributed by atoms with Crippen LogP contribution in [0.3, 0.4) is 0 Å². The van der Waals surface area contributed by atoms with Gasteiger partial charge in [-0.2, -0.15) is 0 Å². The Morgan fingerprint density at radius 2 is 1.47 bits per heavy atom. The Kier molecular flexibility index (Phi) is 8.71. The Labute approximate surface area is 266 Å². The molecule has 4 heterocycles. The number of carbonyl (C=O) groups is 2. The van der Waals surface area contributed by atoms with Crippen molar-refractivity contribution in [1.82, 2.24) is 14.9 Å². The van der Waals surface area contributed by atoms with Crippen molar-refractivity contribution in [2.24, 2.45) is 0 Å². The van der Waals surface area contributed by atoms with Crippen molar-refractivity contribution in [3.05, 3.63) is 35.2 Å². The highest BCUT2D eigenvalue weighted by molar-refractivity contribution is 7.91. The molecule has 1 aromatic carbocycles. The van der Waals surface area contributed by atoms with Crippen molar-refractivity contribution < 1.29 is 32.2 Å². The minimum atomic E-state index is -3.12. The first kappa shape index (κ1) is 32.8. The summed E-state index contributed by atoms with van der Waals surface area (Å²) in [6, 6.07) is 4.06. The second-order valence-corrected chi connectivity index (χ2v) is 16.4. The SMILES string of the molecule is Cc1cc(C2CCN(C(=O)OC(C)(C)C)CC2)cc2c1O[C@@H](C)c1c(N3CCS(=O)(=O)CC3)ncnc1N2C(=O)OC(C)(C)C. The standard InChI is InChI=1S/C32H45N5O7S/c1-20-17-23(22-9-11-36(12-10-22)29(38)43-31(3,4)5)18-24-26(20)42-21(2)25-27(35-13-15-45(40,41)16-14-35)33-19-34-28(25)37(24)30(39)44-32(6,7)8/h17-19,21-22H,9-16H2,1-8H3/t21-/m0/s1. The van der Waals surface area contributed by atoms with Gasteiger partial charge in [0.15, 0.2) is 15.7 Å². The monoisotopic (exact) mass is 643 g/mol. The van der Waals surface area contributed by atoms with Crippen molar-refractivity contribution in [3.8, 4) is 5.75 Å². The van der Waals surface area contributed by atoms with Crippen LogP contribution in [0.1, 0.15) is 90.0 Å². The summed E-state index contributed by atoms with van der Waals surface area (Å²) in [5, 5.41) is 0. The maximum atomic E-state index is 14.0. The summed E-state index contributed by atoms with van der Waals surface area (Å²) >= 11 is 0. The number of likely N-dealkylation sites (tertiary alicyclic amines) is 1. The Morgan fingerprint density at radius 1 is 0.889 bits per heavy atom. The number of fused-ring (bicyclic) bond motifs is 2. The molecule has 0 N–H and O–H groups in total. The van der Waals surface area contributed by atoms with Crippen molar-refractivity contribution in [3.63, 3.8) is 0 Å². The molecule has 0 aliphatic carbocycles. The Bertz CT molecular complexity index is 1560. The van der Waals surface area contributed by atoms with Crippen LogP contribution in [0.4, 0.5) is 26.9 Å². The molecule has 2 saturated heterocycles. The number of amides is 2. The van der Waals surface area contributed by atoms with Crippen molar-refractivity contribution in [2.45, 2.75) is 91.5 Å². The van der Waals surface area contributed by atoms with Gasteiger partial charge in [0.2, 0.25) is 0 Å². The highest BCUT2D eigenvalue weighted by Gasteiger charge is 2.39. The van der Waals surface area contributed by atoms with Crippen LogP contribution in [0.2, 0.25) is 0 Å². The normalized spacial score (nSPS) is 20.4. The van der Waals surface area contributed by atoms with E-state index >= 15 is 0 Å². The molecule has 12 nitrogen and oxygen atoms in total. The fraction of sp³-hybridized carbons (Fsp3) is 0.625. The average molecular weight is 644 g/mol. The maximum absolute atomic E-state index is 14.0. The van der Waals surface area contributed by atoms with E-state index in [0.717, 1.165) is 24.0 Å². The molecule has 13 heteroatoms. The minimum Gasteiger partial charge on any atom is -0.483 e. The van der Waals surface area contributed by atoms with Crippen LogP contribution in [0.5, 0.6) is 5.75 Å². The molecule has 0 radical (unpaired) electrons. The van der Waals surface area contributed by atoms with E-state index in [4.69, 9.17) is 14.2 Å². The molecular weight excluding hydrogens is 598 g/mol. The van der Waals surface area contributed by atoms with E-state index in [1.807, 2.05) is 66.4 Å². The summed E-state index contributed by atoms with van der Waals surface area (Å²) in [5.74, 6) is 1.60. The zero-order chi connectivity index (χ0) is 32.9. The largest absolute Gasteiger partial charge is 0.483 e. The van der Waals surface area contributed by atoms with Gasteiger partial charge >= 0.3 is 12.2 Å². The van der Waals surface area contributed by atoms with Gasteiger partial charge in [-0.15, -0.1) is 0 Å². The zero-order valence-corrected chi connectivity index (χ0v) is 28.4. The van der Waals surface area contributed by atoms with Gasteiger partial charge in [0.1, 0.15) is 35.2 Å². The Balaban J connectivity index is 1.54. The molecule has 246 valence electrons. The summed E-state index contributed by atoms with van der Waals surface area (Å²) in [7, 11) is -3.12. The number of rotatable bonds is 2. The van der Waals surface area contributed by atoms with E-state index in [9.17, 15) is 18.0 Å². The zero-order valence-electron chi connectivity index (χ0n) is 27.5. The number of anilines is 3.